The molecule has 0 atom stereocenters. The Hall–Kier alpha value is -1.82. The second kappa shape index (κ2) is 5.88. The fourth-order valence-electron chi connectivity index (χ4n) is 1.55. The number of nitrogens with zero attached hydrogens (tertiary/aromatic N) is 2. The molecule has 0 radical (unpaired) electrons. The largest absolute Gasteiger partial charge is 0.393 e. The number of aromatic nitrogens is 2. The van der Waals surface area contributed by atoms with Gasteiger partial charge in [-0.25, -0.2) is 9.97 Å². The Kier molecular flexibility index (Phi) is 4.21. The van der Waals surface area contributed by atoms with Gasteiger partial charge in [-0.1, -0.05) is 15.9 Å². The minimum Gasteiger partial charge on any atom is -0.393 e. The molecule has 1 aromatic carbocycles. The van der Waals surface area contributed by atoms with Gasteiger partial charge in [0, 0.05) is 16.2 Å². The Bertz CT molecular complexity index is 553. The number of nitrogens with one attached hydrogen (secondary N) is 2. The van der Waals surface area contributed by atoms with Crippen LogP contribution in [-0.4, -0.2) is 16.0 Å². The van der Waals surface area contributed by atoms with Crippen LogP contribution in [-0.2, 0) is 0 Å². The maximum Gasteiger partial charge on any atom is 0.159 e. The first kappa shape index (κ1) is 13.6. The summed E-state index contributed by atoms with van der Waals surface area (Å²) in [7, 11) is 0. The number of rotatable bonds is 4. The third-order valence-electron chi connectivity index (χ3n) is 2.42. The molecule has 0 unspecified atom stereocenters. The van der Waals surface area contributed by atoms with E-state index >= 15 is 0 Å². The molecule has 1 heterocycles. The molecular weight excluding hydrogens is 306 g/mol. The summed E-state index contributed by atoms with van der Waals surface area (Å²) in [6, 6.07) is 8.06. The topological polar surface area (TPSA) is 75.9 Å². The summed E-state index contributed by atoms with van der Waals surface area (Å²) < 4.78 is 1.02. The summed E-state index contributed by atoms with van der Waals surface area (Å²) in [4.78, 5) is 8.31. The fraction of sp³-hybridized carbons (Fsp3) is 0.231. The first-order valence-electron chi connectivity index (χ1n) is 5.96. The van der Waals surface area contributed by atoms with Crippen molar-refractivity contribution in [1.29, 1.82) is 0 Å². The van der Waals surface area contributed by atoms with Crippen molar-refractivity contribution in [3.05, 3.63) is 35.1 Å². The molecule has 5 nitrogen and oxygen atoms in total. The third kappa shape index (κ3) is 3.57. The van der Waals surface area contributed by atoms with E-state index in [1.807, 2.05) is 38.1 Å². The van der Waals surface area contributed by atoms with Crippen LogP contribution in [0.5, 0.6) is 0 Å². The highest BCUT2D eigenvalue weighted by Gasteiger charge is 2.08. The van der Waals surface area contributed by atoms with Crippen LogP contribution in [0, 0.1) is 0 Å². The van der Waals surface area contributed by atoms with E-state index in [-0.39, 0.29) is 6.04 Å². The second-order valence-corrected chi connectivity index (χ2v) is 5.33. The van der Waals surface area contributed by atoms with Crippen LogP contribution in [0.4, 0.5) is 23.0 Å². The average Bonchev–Trinajstić information content (AvgIpc) is 2.36. The maximum absolute atomic E-state index is 6.05. The van der Waals surface area contributed by atoms with Gasteiger partial charge in [0.2, 0.25) is 0 Å². The molecule has 2 rings (SSSR count). The van der Waals surface area contributed by atoms with Crippen molar-refractivity contribution in [2.24, 2.45) is 0 Å². The molecule has 0 aliphatic heterocycles. The maximum atomic E-state index is 6.05. The summed E-state index contributed by atoms with van der Waals surface area (Å²) >= 11 is 3.40. The number of halogens is 1. The van der Waals surface area contributed by atoms with Crippen molar-refractivity contribution in [3.8, 4) is 0 Å². The van der Waals surface area contributed by atoms with Crippen molar-refractivity contribution in [2.75, 3.05) is 16.4 Å². The monoisotopic (exact) mass is 321 g/mol. The van der Waals surface area contributed by atoms with Crippen molar-refractivity contribution in [2.45, 2.75) is 19.9 Å². The zero-order valence-corrected chi connectivity index (χ0v) is 12.4. The molecule has 19 heavy (non-hydrogen) atoms. The Morgan fingerprint density at radius 3 is 2.37 bits per heavy atom. The van der Waals surface area contributed by atoms with Crippen LogP contribution in [0.3, 0.4) is 0 Å². The molecule has 100 valence electrons. The number of hydrogen-bond donors (Lipinski definition) is 3. The van der Waals surface area contributed by atoms with E-state index in [4.69, 9.17) is 5.73 Å². The molecular formula is C13H16BrN5. The zero-order valence-electron chi connectivity index (χ0n) is 10.8. The predicted octanol–water partition coefficient (Wildman–Crippen LogP) is 3.39. The van der Waals surface area contributed by atoms with Gasteiger partial charge in [0.25, 0.3) is 0 Å². The van der Waals surface area contributed by atoms with Crippen LogP contribution in [0.25, 0.3) is 0 Å². The van der Waals surface area contributed by atoms with Crippen LogP contribution >= 0.6 is 15.9 Å². The highest BCUT2D eigenvalue weighted by Crippen LogP contribution is 2.26. The Labute approximate surface area is 120 Å². The molecule has 0 fully saturated rings. The molecule has 0 saturated carbocycles. The van der Waals surface area contributed by atoms with Gasteiger partial charge in [0.1, 0.15) is 12.0 Å². The van der Waals surface area contributed by atoms with Gasteiger partial charge >= 0.3 is 0 Å². The first-order chi connectivity index (χ1) is 9.06. The lowest BCUT2D eigenvalue weighted by atomic mass is 10.3. The fourth-order valence-corrected chi connectivity index (χ4v) is 1.82. The standard InChI is InChI=1S/C13H16BrN5/c1-8(2)18-12-11(15)13(17-7-16-12)19-10-5-3-9(14)4-6-10/h3-8H,15H2,1-2H3,(H2,16,17,18,19). The van der Waals surface area contributed by atoms with Crippen molar-refractivity contribution < 1.29 is 0 Å². The normalized spacial score (nSPS) is 10.5. The number of benzene rings is 1. The van der Waals surface area contributed by atoms with Crippen LogP contribution in [0.1, 0.15) is 13.8 Å². The number of nitrogens with two attached hydrogens (primary N) is 1. The van der Waals surface area contributed by atoms with E-state index in [9.17, 15) is 0 Å². The summed E-state index contributed by atoms with van der Waals surface area (Å²) in [5, 5.41) is 6.36. The molecule has 2 aromatic rings. The first-order valence-corrected chi connectivity index (χ1v) is 6.75. The minimum absolute atomic E-state index is 0.262. The van der Waals surface area contributed by atoms with E-state index in [2.05, 4.69) is 36.5 Å². The van der Waals surface area contributed by atoms with Gasteiger partial charge in [0.05, 0.1) is 0 Å². The summed E-state index contributed by atoms with van der Waals surface area (Å²) in [5.41, 5.74) is 7.48. The molecule has 0 bridgehead atoms. The molecule has 0 aliphatic rings. The summed E-state index contributed by atoms with van der Waals surface area (Å²) in [5.74, 6) is 1.24. The lowest BCUT2D eigenvalue weighted by molar-refractivity contribution is 0.887. The molecule has 0 saturated heterocycles. The van der Waals surface area contributed by atoms with Crippen molar-refractivity contribution in [1.82, 2.24) is 9.97 Å². The predicted molar refractivity (Wildman–Crippen MR) is 82.6 cm³/mol. The van der Waals surface area contributed by atoms with Gasteiger partial charge in [-0.05, 0) is 38.1 Å². The molecule has 1 aromatic heterocycles. The van der Waals surface area contributed by atoms with E-state index in [0.717, 1.165) is 10.2 Å². The Balaban J connectivity index is 2.23. The summed E-state index contributed by atoms with van der Waals surface area (Å²) in [6.07, 6.45) is 1.49. The molecule has 4 N–H and O–H groups in total. The average molecular weight is 322 g/mol. The van der Waals surface area contributed by atoms with Gasteiger partial charge in [-0.2, -0.15) is 0 Å². The van der Waals surface area contributed by atoms with E-state index in [0.29, 0.717) is 17.3 Å². The van der Waals surface area contributed by atoms with Crippen LogP contribution in [0.15, 0.2) is 35.1 Å². The third-order valence-corrected chi connectivity index (χ3v) is 2.94. The quantitative estimate of drug-likeness (QED) is 0.804. The zero-order chi connectivity index (χ0) is 13.8. The number of nitrogen functional groups attached to an aromatic ring is 1. The van der Waals surface area contributed by atoms with Gasteiger partial charge < -0.3 is 16.4 Å². The number of anilines is 4. The van der Waals surface area contributed by atoms with Crippen LogP contribution in [0.2, 0.25) is 0 Å². The second-order valence-electron chi connectivity index (χ2n) is 4.42. The number of hydrogen-bond acceptors (Lipinski definition) is 5. The molecule has 0 amide bonds. The van der Waals surface area contributed by atoms with E-state index < -0.39 is 0 Å². The SMILES string of the molecule is CC(C)Nc1ncnc(Nc2ccc(Br)cc2)c1N. The smallest absolute Gasteiger partial charge is 0.159 e. The van der Waals surface area contributed by atoms with E-state index in [1.54, 1.807) is 0 Å². The van der Waals surface area contributed by atoms with E-state index in [1.165, 1.54) is 6.33 Å². The summed E-state index contributed by atoms with van der Waals surface area (Å²) in [6.45, 7) is 4.06. The van der Waals surface area contributed by atoms with Crippen LogP contribution < -0.4 is 16.4 Å². The van der Waals surface area contributed by atoms with Crippen molar-refractivity contribution >= 4 is 38.9 Å². The Morgan fingerprint density at radius 2 is 1.74 bits per heavy atom. The highest BCUT2D eigenvalue weighted by molar-refractivity contribution is 9.10. The molecule has 6 heteroatoms. The minimum atomic E-state index is 0.262. The highest BCUT2D eigenvalue weighted by atomic mass is 79.9. The van der Waals surface area contributed by atoms with Gasteiger partial charge in [0.15, 0.2) is 11.6 Å². The molecule has 0 aliphatic carbocycles. The Morgan fingerprint density at radius 1 is 1.11 bits per heavy atom. The van der Waals surface area contributed by atoms with Gasteiger partial charge in [-0.3, -0.25) is 0 Å². The lowest BCUT2D eigenvalue weighted by Crippen LogP contribution is -2.14. The molecule has 0 spiro atoms. The lowest BCUT2D eigenvalue weighted by Gasteiger charge is -2.14. The van der Waals surface area contributed by atoms with Crippen molar-refractivity contribution in [3.63, 3.8) is 0 Å². The van der Waals surface area contributed by atoms with Gasteiger partial charge in [-0.15, -0.1) is 0 Å².